The summed E-state index contributed by atoms with van der Waals surface area (Å²) in [6.07, 6.45) is -1.58. The van der Waals surface area contributed by atoms with Gasteiger partial charge in [0.15, 0.2) is 0 Å². The molecule has 1 rings (SSSR count). The van der Waals surface area contributed by atoms with Gasteiger partial charge in [-0.15, -0.1) is 0 Å². The van der Waals surface area contributed by atoms with Crippen LogP contribution in [-0.2, 0) is 14.3 Å². The van der Waals surface area contributed by atoms with E-state index in [1.54, 1.807) is 0 Å². The van der Waals surface area contributed by atoms with Crippen molar-refractivity contribution in [3.8, 4) is 0 Å². The molecule has 0 bridgehead atoms. The molecule has 2 N–H and O–H groups in total. The first-order chi connectivity index (χ1) is 11.2. The molecule has 0 aliphatic rings. The highest BCUT2D eigenvalue weighted by atomic mass is 16.6. The molecule has 0 aromatic heterocycles. The van der Waals surface area contributed by atoms with Crippen LogP contribution < -0.4 is 0 Å². The fourth-order valence-electron chi connectivity index (χ4n) is 1.88. The summed E-state index contributed by atoms with van der Waals surface area (Å²) in [7, 11) is 0. The van der Waals surface area contributed by atoms with E-state index in [0.29, 0.717) is 0 Å². The minimum Gasteiger partial charge on any atom is -0.478 e. The molecular formula is C17H20O7. The van der Waals surface area contributed by atoms with Crippen LogP contribution in [0.5, 0.6) is 0 Å². The molecule has 7 heteroatoms. The van der Waals surface area contributed by atoms with Crippen LogP contribution in [0.3, 0.4) is 0 Å². The van der Waals surface area contributed by atoms with E-state index in [1.165, 1.54) is 38.1 Å². The molecule has 130 valence electrons. The van der Waals surface area contributed by atoms with E-state index in [2.05, 4.69) is 6.58 Å². The predicted octanol–water partition coefficient (Wildman–Crippen LogP) is 1.80. The maximum atomic E-state index is 12.1. The fraction of sp³-hybridized carbons (Fsp3) is 0.353. The number of esters is 2. The number of ether oxygens (including phenoxy) is 2. The first-order valence-electron chi connectivity index (χ1n) is 7.26. The van der Waals surface area contributed by atoms with E-state index in [-0.39, 0.29) is 29.7 Å². The lowest BCUT2D eigenvalue weighted by Gasteiger charge is -2.19. The molecule has 0 aliphatic heterocycles. The summed E-state index contributed by atoms with van der Waals surface area (Å²) in [5, 5.41) is 18.5. The van der Waals surface area contributed by atoms with Crippen molar-refractivity contribution in [2.75, 3.05) is 6.61 Å². The van der Waals surface area contributed by atoms with Crippen LogP contribution >= 0.6 is 0 Å². The Bertz CT molecular complexity index is 634. The van der Waals surface area contributed by atoms with E-state index in [4.69, 9.17) is 14.6 Å². The third-order valence-electron chi connectivity index (χ3n) is 3.00. The van der Waals surface area contributed by atoms with E-state index in [9.17, 15) is 19.5 Å². The lowest BCUT2D eigenvalue weighted by Crippen LogP contribution is -2.29. The number of aliphatic hydroxyl groups is 1. The number of hydrogen-bond acceptors (Lipinski definition) is 6. The summed E-state index contributed by atoms with van der Waals surface area (Å²) in [6, 6.07) is 5.62. The number of aliphatic hydroxyl groups excluding tert-OH is 1. The van der Waals surface area contributed by atoms with Gasteiger partial charge in [0.1, 0.15) is 12.7 Å². The highest BCUT2D eigenvalue weighted by Crippen LogP contribution is 2.12. The predicted molar refractivity (Wildman–Crippen MR) is 84.7 cm³/mol. The van der Waals surface area contributed by atoms with E-state index < -0.39 is 30.1 Å². The Morgan fingerprint density at radius 1 is 1.21 bits per heavy atom. The molecule has 0 fully saturated rings. The Kier molecular flexibility index (Phi) is 7.13. The van der Waals surface area contributed by atoms with Gasteiger partial charge >= 0.3 is 17.9 Å². The number of rotatable bonds is 8. The van der Waals surface area contributed by atoms with E-state index in [1.807, 2.05) is 0 Å². The van der Waals surface area contributed by atoms with Gasteiger partial charge in [0.2, 0.25) is 0 Å². The van der Waals surface area contributed by atoms with Crippen LogP contribution in [0.15, 0.2) is 36.4 Å². The first kappa shape index (κ1) is 19.4. The second-order valence-electron chi connectivity index (χ2n) is 5.34. The topological polar surface area (TPSA) is 110 Å². The van der Waals surface area contributed by atoms with Gasteiger partial charge in [-0.3, -0.25) is 0 Å². The van der Waals surface area contributed by atoms with Crippen molar-refractivity contribution in [1.82, 2.24) is 0 Å². The van der Waals surface area contributed by atoms with Crippen LogP contribution in [0.25, 0.3) is 0 Å². The summed E-state index contributed by atoms with van der Waals surface area (Å²) < 4.78 is 10.1. The van der Waals surface area contributed by atoms with Gasteiger partial charge in [0.05, 0.1) is 17.2 Å². The van der Waals surface area contributed by atoms with Crippen LogP contribution in [-0.4, -0.2) is 46.9 Å². The molecule has 2 unspecified atom stereocenters. The third kappa shape index (κ3) is 5.85. The van der Waals surface area contributed by atoms with Crippen LogP contribution in [0, 0.1) is 0 Å². The monoisotopic (exact) mass is 336 g/mol. The van der Waals surface area contributed by atoms with Crippen LogP contribution in [0.4, 0.5) is 0 Å². The number of carbonyl (C=O) groups is 3. The number of hydrogen-bond donors (Lipinski definition) is 2. The summed E-state index contributed by atoms with van der Waals surface area (Å²) in [5.41, 5.74) is -0.117. The molecule has 0 amide bonds. The number of aromatic carboxylic acids is 1. The Morgan fingerprint density at radius 2 is 1.79 bits per heavy atom. The first-order valence-corrected chi connectivity index (χ1v) is 7.26. The van der Waals surface area contributed by atoms with Crippen molar-refractivity contribution < 1.29 is 34.1 Å². The lowest BCUT2D eigenvalue weighted by atomic mass is 10.1. The number of benzene rings is 1. The smallest absolute Gasteiger partial charge is 0.339 e. The highest BCUT2D eigenvalue weighted by Gasteiger charge is 2.22. The van der Waals surface area contributed by atoms with Gasteiger partial charge in [0, 0.05) is 12.0 Å². The Morgan fingerprint density at radius 3 is 2.29 bits per heavy atom. The maximum absolute atomic E-state index is 12.1. The van der Waals surface area contributed by atoms with E-state index >= 15 is 0 Å². The summed E-state index contributed by atoms with van der Waals surface area (Å²) in [6.45, 7) is 6.11. The summed E-state index contributed by atoms with van der Waals surface area (Å²) in [4.78, 5) is 34.8. The molecule has 1 aromatic carbocycles. The molecule has 0 radical (unpaired) electrons. The highest BCUT2D eigenvalue weighted by molar-refractivity contribution is 6.02. The van der Waals surface area contributed by atoms with Gasteiger partial charge < -0.3 is 19.7 Å². The molecule has 0 saturated carbocycles. The standard InChI is InChI=1S/C17H20O7/c1-10(2)16(21)24-12(8-11(3)18)9-23-17(22)14-7-5-4-6-13(14)15(19)20/h4-7,11-12,18H,1,8-9H2,2-3H3,(H,19,20). The second-order valence-corrected chi connectivity index (χ2v) is 5.34. The summed E-state index contributed by atoms with van der Waals surface area (Å²) in [5.74, 6) is -2.77. The SMILES string of the molecule is C=C(C)C(=O)OC(COC(=O)c1ccccc1C(=O)O)CC(C)O. The normalized spacial score (nSPS) is 12.8. The molecule has 7 nitrogen and oxygen atoms in total. The van der Waals surface area contributed by atoms with Crippen LogP contribution in [0.1, 0.15) is 41.0 Å². The number of carbonyl (C=O) groups excluding carboxylic acids is 2. The van der Waals surface area contributed by atoms with Gasteiger partial charge in [-0.05, 0) is 26.0 Å². The fourth-order valence-corrected chi connectivity index (χ4v) is 1.88. The zero-order valence-electron chi connectivity index (χ0n) is 13.5. The van der Waals surface area contributed by atoms with Gasteiger partial charge in [-0.25, -0.2) is 14.4 Å². The number of carboxylic acids is 1. The Hall–Kier alpha value is -2.67. The molecule has 0 heterocycles. The van der Waals surface area contributed by atoms with Crippen molar-refractivity contribution in [3.05, 3.63) is 47.5 Å². The Labute approximate surface area is 139 Å². The molecule has 1 aromatic rings. The van der Waals surface area contributed by atoms with Gasteiger partial charge in [-0.2, -0.15) is 0 Å². The Balaban J connectivity index is 2.79. The van der Waals surface area contributed by atoms with Gasteiger partial charge in [0.25, 0.3) is 0 Å². The van der Waals surface area contributed by atoms with Gasteiger partial charge in [-0.1, -0.05) is 18.7 Å². The number of carboxylic acid groups (broad SMARTS) is 1. The van der Waals surface area contributed by atoms with Crippen molar-refractivity contribution in [1.29, 1.82) is 0 Å². The zero-order valence-corrected chi connectivity index (χ0v) is 13.5. The minimum atomic E-state index is -1.25. The molecule has 2 atom stereocenters. The quantitative estimate of drug-likeness (QED) is 0.550. The average Bonchev–Trinajstić information content (AvgIpc) is 2.51. The molecule has 0 aliphatic carbocycles. The van der Waals surface area contributed by atoms with E-state index in [0.717, 1.165) is 0 Å². The van der Waals surface area contributed by atoms with Crippen molar-refractivity contribution >= 4 is 17.9 Å². The second kappa shape index (κ2) is 8.83. The maximum Gasteiger partial charge on any atom is 0.339 e. The molecule has 24 heavy (non-hydrogen) atoms. The summed E-state index contributed by atoms with van der Waals surface area (Å²) >= 11 is 0. The molecule has 0 spiro atoms. The third-order valence-corrected chi connectivity index (χ3v) is 3.00. The zero-order chi connectivity index (χ0) is 18.3. The lowest BCUT2D eigenvalue weighted by molar-refractivity contribution is -0.147. The van der Waals surface area contributed by atoms with Crippen molar-refractivity contribution in [3.63, 3.8) is 0 Å². The van der Waals surface area contributed by atoms with Crippen LogP contribution in [0.2, 0.25) is 0 Å². The van der Waals surface area contributed by atoms with Crippen molar-refractivity contribution in [2.45, 2.75) is 32.5 Å². The van der Waals surface area contributed by atoms with Crippen molar-refractivity contribution in [2.24, 2.45) is 0 Å². The largest absolute Gasteiger partial charge is 0.478 e. The average molecular weight is 336 g/mol. The molecule has 0 saturated heterocycles. The molecular weight excluding hydrogens is 316 g/mol. The minimum absolute atomic E-state index is 0.0624.